The molecule has 0 spiro atoms. The van der Waals surface area contributed by atoms with Gasteiger partial charge in [0, 0.05) is 12.6 Å². The molecule has 1 saturated carbocycles. The molecule has 1 aliphatic carbocycles. The van der Waals surface area contributed by atoms with Crippen molar-refractivity contribution in [1.82, 2.24) is 10.2 Å². The fourth-order valence-electron chi connectivity index (χ4n) is 5.15. The van der Waals surface area contributed by atoms with Crippen molar-refractivity contribution in [1.29, 1.82) is 0 Å². The van der Waals surface area contributed by atoms with E-state index in [1.54, 1.807) is 55.5 Å². The van der Waals surface area contributed by atoms with Crippen LogP contribution in [0.25, 0.3) is 0 Å². The molecule has 4 rings (SSSR count). The van der Waals surface area contributed by atoms with Gasteiger partial charge in [-0.15, -0.1) is 0 Å². The normalized spacial score (nSPS) is 14.4. The van der Waals surface area contributed by atoms with E-state index < -0.39 is 28.5 Å². The van der Waals surface area contributed by atoms with E-state index in [2.05, 4.69) is 5.32 Å². The average molecular weight is 631 g/mol. The summed E-state index contributed by atoms with van der Waals surface area (Å²) in [5.74, 6) is -0.804. The van der Waals surface area contributed by atoms with Crippen molar-refractivity contribution in [2.24, 2.45) is 0 Å². The van der Waals surface area contributed by atoms with Crippen LogP contribution in [0, 0.1) is 20.8 Å². The summed E-state index contributed by atoms with van der Waals surface area (Å²) in [6.07, 6.45) is 3.89. The monoisotopic (exact) mass is 629 g/mol. The summed E-state index contributed by atoms with van der Waals surface area (Å²) < 4.78 is 29.3. The maximum atomic E-state index is 14.2. The lowest BCUT2D eigenvalue weighted by Gasteiger charge is -2.33. The Hall–Kier alpha value is -3.07. The molecule has 0 unspecified atom stereocenters. The maximum Gasteiger partial charge on any atom is 0.264 e. The summed E-state index contributed by atoms with van der Waals surface area (Å²) in [6, 6.07) is 16.2. The molecule has 42 heavy (non-hydrogen) atoms. The Morgan fingerprint density at radius 2 is 1.55 bits per heavy atom. The lowest BCUT2D eigenvalue weighted by Crippen LogP contribution is -2.52. The molecule has 7 nitrogen and oxygen atoms in total. The van der Waals surface area contributed by atoms with Crippen LogP contribution in [0.15, 0.2) is 65.6 Å². The van der Waals surface area contributed by atoms with E-state index in [0.717, 1.165) is 41.1 Å². The first-order chi connectivity index (χ1) is 19.9. The lowest BCUT2D eigenvalue weighted by molar-refractivity contribution is -0.139. The molecule has 0 aliphatic heterocycles. The van der Waals surface area contributed by atoms with Crippen LogP contribution in [-0.2, 0) is 26.2 Å². The topological polar surface area (TPSA) is 86.8 Å². The van der Waals surface area contributed by atoms with Crippen LogP contribution in [0.1, 0.15) is 54.9 Å². The van der Waals surface area contributed by atoms with Gasteiger partial charge in [-0.1, -0.05) is 71.9 Å². The Bertz CT molecular complexity index is 1550. The van der Waals surface area contributed by atoms with E-state index in [9.17, 15) is 18.0 Å². The van der Waals surface area contributed by atoms with Crippen molar-refractivity contribution in [2.45, 2.75) is 76.9 Å². The van der Waals surface area contributed by atoms with Crippen molar-refractivity contribution < 1.29 is 18.0 Å². The van der Waals surface area contributed by atoms with E-state index >= 15 is 0 Å². The molecule has 0 heterocycles. The molecule has 3 aromatic carbocycles. The molecular weight excluding hydrogens is 593 g/mol. The number of amides is 2. The number of carbonyl (C=O) groups excluding carboxylic acids is 2. The molecule has 1 aliphatic rings. The largest absolute Gasteiger partial charge is 0.352 e. The van der Waals surface area contributed by atoms with Crippen molar-refractivity contribution in [3.8, 4) is 0 Å². The SMILES string of the molecule is Cc1ccc(S(=O)(=O)N(CC(=O)N(Cc2ccc(Cl)c(Cl)c2)[C@H](C)C(=O)NC2CCCC2)c2cc(C)ccc2C)cc1. The average Bonchev–Trinajstić information content (AvgIpc) is 3.46. The number of aryl methyl sites for hydroxylation is 3. The number of halogens is 2. The fourth-order valence-corrected chi connectivity index (χ4v) is 6.94. The van der Waals surface area contributed by atoms with Gasteiger partial charge in [0.1, 0.15) is 12.6 Å². The van der Waals surface area contributed by atoms with Crippen molar-refractivity contribution in [3.63, 3.8) is 0 Å². The smallest absolute Gasteiger partial charge is 0.264 e. The highest BCUT2D eigenvalue weighted by Crippen LogP contribution is 2.29. The highest BCUT2D eigenvalue weighted by atomic mass is 35.5. The van der Waals surface area contributed by atoms with Gasteiger partial charge in [0.25, 0.3) is 10.0 Å². The van der Waals surface area contributed by atoms with Gasteiger partial charge in [0.05, 0.1) is 20.6 Å². The fraction of sp³-hybridized carbons (Fsp3) is 0.375. The molecule has 10 heteroatoms. The second-order valence-corrected chi connectivity index (χ2v) is 13.7. The van der Waals surface area contributed by atoms with Crippen LogP contribution in [0.3, 0.4) is 0 Å². The van der Waals surface area contributed by atoms with Gasteiger partial charge in [-0.2, -0.15) is 0 Å². The van der Waals surface area contributed by atoms with E-state index in [1.807, 2.05) is 32.9 Å². The first-order valence-electron chi connectivity index (χ1n) is 14.1. The molecule has 1 fully saturated rings. The van der Waals surface area contributed by atoms with Gasteiger partial charge >= 0.3 is 0 Å². The van der Waals surface area contributed by atoms with E-state index in [1.165, 1.54) is 4.90 Å². The maximum absolute atomic E-state index is 14.2. The van der Waals surface area contributed by atoms with Gasteiger partial charge < -0.3 is 10.2 Å². The summed E-state index contributed by atoms with van der Waals surface area (Å²) in [5.41, 5.74) is 3.54. The molecule has 0 bridgehead atoms. The van der Waals surface area contributed by atoms with Gasteiger partial charge in [-0.25, -0.2) is 8.42 Å². The number of hydrogen-bond acceptors (Lipinski definition) is 4. The third-order valence-corrected chi connectivity index (χ3v) is 10.2. The molecule has 1 N–H and O–H groups in total. The molecule has 3 aromatic rings. The van der Waals surface area contributed by atoms with Gasteiger partial charge in [-0.3, -0.25) is 13.9 Å². The van der Waals surface area contributed by atoms with Crippen molar-refractivity contribution in [3.05, 3.63) is 93.0 Å². The molecule has 1 atom stereocenters. The summed E-state index contributed by atoms with van der Waals surface area (Å²) in [6.45, 7) is 6.76. The van der Waals surface area contributed by atoms with Gasteiger partial charge in [0.15, 0.2) is 0 Å². The van der Waals surface area contributed by atoms with E-state index in [-0.39, 0.29) is 23.4 Å². The number of benzene rings is 3. The lowest BCUT2D eigenvalue weighted by atomic mass is 10.1. The minimum absolute atomic E-state index is 0.0419. The number of sulfonamides is 1. The molecule has 2 amide bonds. The Labute approximate surface area is 258 Å². The van der Waals surface area contributed by atoms with Crippen molar-refractivity contribution >= 4 is 50.7 Å². The van der Waals surface area contributed by atoms with Crippen LogP contribution in [-0.4, -0.2) is 43.8 Å². The first-order valence-corrected chi connectivity index (χ1v) is 16.3. The summed E-state index contributed by atoms with van der Waals surface area (Å²) in [7, 11) is -4.14. The summed E-state index contributed by atoms with van der Waals surface area (Å²) >= 11 is 12.4. The van der Waals surface area contributed by atoms with Crippen LogP contribution >= 0.6 is 23.2 Å². The standard InChI is InChI=1S/C32H37Cl2N3O4S/c1-21-10-14-27(15-11-21)42(40,41)37(30-17-22(2)9-12-23(30)3)20-31(38)36(19-25-13-16-28(33)29(34)18-25)24(4)32(39)35-26-7-5-6-8-26/h9-18,24,26H,5-8,19-20H2,1-4H3,(H,35,39)/t24-/m1/s1. The third-order valence-electron chi connectivity index (χ3n) is 7.73. The summed E-state index contributed by atoms with van der Waals surface area (Å²) in [4.78, 5) is 29.0. The zero-order valence-corrected chi connectivity index (χ0v) is 26.7. The molecule has 0 saturated heterocycles. The number of carbonyl (C=O) groups is 2. The Kier molecular flexibility index (Phi) is 10.2. The van der Waals surface area contributed by atoms with E-state index in [4.69, 9.17) is 23.2 Å². The van der Waals surface area contributed by atoms with Gasteiger partial charge in [-0.05, 0) is 87.6 Å². The second-order valence-electron chi connectivity index (χ2n) is 11.1. The van der Waals surface area contributed by atoms with Crippen LogP contribution in [0.5, 0.6) is 0 Å². The van der Waals surface area contributed by atoms with Crippen LogP contribution in [0.2, 0.25) is 10.0 Å². The summed E-state index contributed by atoms with van der Waals surface area (Å²) in [5, 5.41) is 3.77. The molecule has 0 radical (unpaired) electrons. The Morgan fingerprint density at radius 1 is 0.905 bits per heavy atom. The van der Waals surface area contributed by atoms with Crippen LogP contribution < -0.4 is 9.62 Å². The zero-order chi connectivity index (χ0) is 30.6. The first kappa shape index (κ1) is 31.9. The zero-order valence-electron chi connectivity index (χ0n) is 24.4. The van der Waals surface area contributed by atoms with Crippen molar-refractivity contribution in [2.75, 3.05) is 10.8 Å². The van der Waals surface area contributed by atoms with Gasteiger partial charge in [0.2, 0.25) is 11.8 Å². The predicted molar refractivity (Wildman–Crippen MR) is 168 cm³/mol. The molecule has 224 valence electrons. The number of nitrogens with zero attached hydrogens (tertiary/aromatic N) is 2. The quantitative estimate of drug-likeness (QED) is 0.274. The van der Waals surface area contributed by atoms with E-state index in [0.29, 0.717) is 26.9 Å². The number of rotatable bonds is 10. The molecule has 0 aromatic heterocycles. The highest BCUT2D eigenvalue weighted by Gasteiger charge is 2.34. The number of hydrogen-bond donors (Lipinski definition) is 1. The molecular formula is C32H37Cl2N3O4S. The Balaban J connectivity index is 1.73. The number of anilines is 1. The Morgan fingerprint density at radius 3 is 2.19 bits per heavy atom. The minimum Gasteiger partial charge on any atom is -0.352 e. The highest BCUT2D eigenvalue weighted by molar-refractivity contribution is 7.92. The number of nitrogens with one attached hydrogen (secondary N) is 1. The minimum atomic E-state index is -4.14. The third kappa shape index (κ3) is 7.46. The second kappa shape index (κ2) is 13.5. The van der Waals surface area contributed by atoms with Crippen LogP contribution in [0.4, 0.5) is 5.69 Å². The predicted octanol–water partition coefficient (Wildman–Crippen LogP) is 6.59.